The van der Waals surface area contributed by atoms with E-state index in [2.05, 4.69) is 13.8 Å². The minimum atomic E-state index is -1.60. The fourth-order valence-electron chi connectivity index (χ4n) is 1.22. The summed E-state index contributed by atoms with van der Waals surface area (Å²) in [6.45, 7) is 4.33. The Morgan fingerprint density at radius 2 is 1.85 bits per heavy atom. The first-order chi connectivity index (χ1) is 6.09. The van der Waals surface area contributed by atoms with Crippen molar-refractivity contribution in [2.24, 2.45) is 5.92 Å². The van der Waals surface area contributed by atoms with Gasteiger partial charge >= 0.3 is 11.1 Å². The highest BCUT2D eigenvalue weighted by atomic mass is 32.2. The van der Waals surface area contributed by atoms with Gasteiger partial charge < -0.3 is 4.55 Å². The first-order valence-corrected chi connectivity index (χ1v) is 5.46. The molecule has 0 aliphatic carbocycles. The van der Waals surface area contributed by atoms with Crippen molar-refractivity contribution in [3.63, 3.8) is 0 Å². The fraction of sp³-hybridized carbons (Fsp3) is 0.400. The molecule has 0 radical (unpaired) electrons. The third-order valence-electron chi connectivity index (χ3n) is 1.78. The van der Waals surface area contributed by atoms with Crippen molar-refractivity contribution in [3.8, 4) is 0 Å². The van der Waals surface area contributed by atoms with Crippen LogP contribution in [0, 0.1) is 5.92 Å². The first kappa shape index (κ1) is 10.4. The summed E-state index contributed by atoms with van der Waals surface area (Å²) in [5.74, 6) is 0.632. The molecule has 0 saturated heterocycles. The Morgan fingerprint density at radius 3 is 2.23 bits per heavy atom. The second kappa shape index (κ2) is 4.53. The number of hydrogen-bond donors (Lipinski definition) is 0. The Labute approximate surface area is 81.3 Å². The van der Waals surface area contributed by atoms with Gasteiger partial charge in [-0.2, -0.15) is 4.21 Å². The van der Waals surface area contributed by atoms with Crippen LogP contribution in [0.15, 0.2) is 29.2 Å². The van der Waals surface area contributed by atoms with Crippen molar-refractivity contribution in [3.05, 3.63) is 29.8 Å². The van der Waals surface area contributed by atoms with E-state index in [1.165, 1.54) is 5.56 Å². The molecule has 0 aliphatic heterocycles. The molecule has 72 valence electrons. The normalized spacial score (nSPS) is 13.2. The van der Waals surface area contributed by atoms with Gasteiger partial charge in [0.15, 0.2) is 0 Å². The summed E-state index contributed by atoms with van der Waals surface area (Å²) in [7, 11) is 0. The van der Waals surface area contributed by atoms with Crippen molar-refractivity contribution in [2.75, 3.05) is 0 Å². The lowest BCUT2D eigenvalue weighted by molar-refractivity contribution is 0.564. The summed E-state index contributed by atoms with van der Waals surface area (Å²) >= 11 is -1.60. The van der Waals surface area contributed by atoms with Crippen LogP contribution in [-0.4, -0.2) is 8.76 Å². The zero-order valence-electron chi connectivity index (χ0n) is 7.91. The zero-order chi connectivity index (χ0) is 9.84. The van der Waals surface area contributed by atoms with Gasteiger partial charge in [0.1, 0.15) is 4.90 Å². The molecule has 2 nitrogen and oxygen atoms in total. The van der Waals surface area contributed by atoms with Gasteiger partial charge in [-0.05, 0) is 30.0 Å². The SMILES string of the molecule is CC(C)Cc1ccc(S(=O)[OH2+])cc1. The van der Waals surface area contributed by atoms with Gasteiger partial charge in [0.2, 0.25) is 0 Å². The van der Waals surface area contributed by atoms with Crippen molar-refractivity contribution >= 4 is 11.1 Å². The van der Waals surface area contributed by atoms with Gasteiger partial charge in [-0.25, -0.2) is 0 Å². The van der Waals surface area contributed by atoms with Crippen LogP contribution in [0.5, 0.6) is 0 Å². The molecule has 1 atom stereocenters. The van der Waals surface area contributed by atoms with E-state index in [1.54, 1.807) is 12.1 Å². The highest BCUT2D eigenvalue weighted by Crippen LogP contribution is 2.11. The van der Waals surface area contributed by atoms with Crippen LogP contribution in [0.3, 0.4) is 0 Å². The molecule has 1 rings (SSSR count). The highest BCUT2D eigenvalue weighted by molar-refractivity contribution is 7.79. The van der Waals surface area contributed by atoms with E-state index >= 15 is 0 Å². The van der Waals surface area contributed by atoms with Crippen molar-refractivity contribution in [1.82, 2.24) is 0 Å². The smallest absolute Gasteiger partial charge is 0.335 e. The van der Waals surface area contributed by atoms with E-state index in [4.69, 9.17) is 4.55 Å². The molecular formula is C10H15O2S+. The molecule has 1 aromatic carbocycles. The Bertz CT molecular complexity index is 290. The average Bonchev–Trinajstić information content (AvgIpc) is 2.04. The summed E-state index contributed by atoms with van der Waals surface area (Å²) in [5, 5.41) is 0. The molecule has 13 heavy (non-hydrogen) atoms. The van der Waals surface area contributed by atoms with Crippen molar-refractivity contribution in [2.45, 2.75) is 25.2 Å². The Morgan fingerprint density at radius 1 is 1.31 bits per heavy atom. The van der Waals surface area contributed by atoms with Gasteiger partial charge in [-0.1, -0.05) is 26.0 Å². The second-order valence-corrected chi connectivity index (χ2v) is 4.52. The first-order valence-electron chi connectivity index (χ1n) is 4.31. The molecule has 0 heterocycles. The molecule has 0 aliphatic rings. The van der Waals surface area contributed by atoms with E-state index in [-0.39, 0.29) is 0 Å². The predicted octanol–water partition coefficient (Wildman–Crippen LogP) is 1.63. The summed E-state index contributed by atoms with van der Waals surface area (Å²) in [6.07, 6.45) is 1.03. The zero-order valence-corrected chi connectivity index (χ0v) is 8.73. The van der Waals surface area contributed by atoms with Crippen LogP contribution in [0.2, 0.25) is 0 Å². The van der Waals surface area contributed by atoms with Crippen LogP contribution < -0.4 is 0 Å². The van der Waals surface area contributed by atoms with E-state index < -0.39 is 11.1 Å². The average molecular weight is 199 g/mol. The quantitative estimate of drug-likeness (QED) is 0.682. The van der Waals surface area contributed by atoms with Crippen LogP contribution in [0.4, 0.5) is 0 Å². The summed E-state index contributed by atoms with van der Waals surface area (Å²) in [4.78, 5) is 0.576. The molecule has 0 saturated carbocycles. The predicted molar refractivity (Wildman–Crippen MR) is 55.0 cm³/mol. The van der Waals surface area contributed by atoms with Crippen molar-refractivity contribution in [1.29, 1.82) is 0 Å². The van der Waals surface area contributed by atoms with Crippen LogP contribution in [0.1, 0.15) is 19.4 Å². The highest BCUT2D eigenvalue weighted by Gasteiger charge is 2.04. The summed E-state index contributed by atoms with van der Waals surface area (Å²) < 4.78 is 17.8. The van der Waals surface area contributed by atoms with Crippen LogP contribution in [0.25, 0.3) is 0 Å². The second-order valence-electron chi connectivity index (χ2n) is 3.51. The van der Waals surface area contributed by atoms with Gasteiger partial charge in [-0.3, -0.25) is 0 Å². The molecule has 1 unspecified atom stereocenters. The van der Waals surface area contributed by atoms with Gasteiger partial charge in [-0.15, -0.1) is 0 Å². The third-order valence-corrected chi connectivity index (χ3v) is 2.48. The topological polar surface area (TPSA) is 40.0 Å². The van der Waals surface area contributed by atoms with Gasteiger partial charge in [0, 0.05) is 0 Å². The molecule has 2 N–H and O–H groups in total. The molecule has 1 aromatic rings. The molecule has 0 amide bonds. The maximum absolute atomic E-state index is 10.8. The van der Waals surface area contributed by atoms with E-state index in [0.29, 0.717) is 10.8 Å². The lowest BCUT2D eigenvalue weighted by Crippen LogP contribution is -1.94. The fourth-order valence-corrected chi connectivity index (χ4v) is 1.60. The minimum absolute atomic E-state index is 0.576. The van der Waals surface area contributed by atoms with Crippen molar-refractivity contribution < 1.29 is 8.76 Å². The summed E-state index contributed by atoms with van der Waals surface area (Å²) in [6, 6.07) is 7.42. The maximum atomic E-state index is 10.8. The molecule has 0 spiro atoms. The maximum Gasteiger partial charge on any atom is 0.335 e. The van der Waals surface area contributed by atoms with E-state index in [1.807, 2.05) is 12.1 Å². The standard InChI is InChI=1S/C10H14O2S/c1-8(2)7-9-3-5-10(6-4-9)13(11)12/h3-6,8H,7H2,1-2H3,(H,11,12)/p+1. The Balaban J connectivity index is 2.75. The van der Waals surface area contributed by atoms with Crippen LogP contribution in [-0.2, 0) is 17.5 Å². The lowest BCUT2D eigenvalue weighted by Gasteiger charge is -2.03. The third kappa shape index (κ3) is 3.28. The molecule has 0 fully saturated rings. The number of rotatable bonds is 3. The number of benzene rings is 1. The Kier molecular flexibility index (Phi) is 3.63. The molecule has 0 bridgehead atoms. The Hall–Kier alpha value is -0.670. The number of hydrogen-bond acceptors (Lipinski definition) is 1. The molecule has 0 aromatic heterocycles. The summed E-state index contributed by atoms with van der Waals surface area (Å²) in [5.41, 5.74) is 1.24. The van der Waals surface area contributed by atoms with E-state index in [0.717, 1.165) is 6.42 Å². The monoisotopic (exact) mass is 199 g/mol. The largest absolute Gasteiger partial charge is 0.347 e. The van der Waals surface area contributed by atoms with E-state index in [9.17, 15) is 4.21 Å². The minimum Gasteiger partial charge on any atom is -0.347 e. The lowest BCUT2D eigenvalue weighted by atomic mass is 10.0. The van der Waals surface area contributed by atoms with Gasteiger partial charge in [0.05, 0.1) is 0 Å². The van der Waals surface area contributed by atoms with Gasteiger partial charge in [0.25, 0.3) is 0 Å². The molecular weight excluding hydrogens is 184 g/mol. The molecule has 3 heteroatoms. The van der Waals surface area contributed by atoms with Crippen LogP contribution >= 0.6 is 0 Å².